The predicted octanol–water partition coefficient (Wildman–Crippen LogP) is 4.72. The van der Waals surface area contributed by atoms with Crippen molar-refractivity contribution in [2.75, 3.05) is 17.3 Å². The molecule has 1 aliphatic heterocycles. The van der Waals surface area contributed by atoms with E-state index in [0.717, 1.165) is 0 Å². The number of anilines is 2. The highest BCUT2D eigenvalue weighted by molar-refractivity contribution is 6.39. The van der Waals surface area contributed by atoms with E-state index >= 15 is 0 Å². The van der Waals surface area contributed by atoms with Gasteiger partial charge in [0.15, 0.2) is 0 Å². The molecule has 1 aromatic heterocycles. The van der Waals surface area contributed by atoms with Gasteiger partial charge in [0.2, 0.25) is 0 Å². The Morgan fingerprint density at radius 2 is 1.71 bits per heavy atom. The van der Waals surface area contributed by atoms with E-state index in [0.29, 0.717) is 32.9 Å². The Balaban J connectivity index is 1.49. The number of nitrogens with zero attached hydrogens (tertiary/aromatic N) is 1. The molecule has 2 N–H and O–H groups in total. The maximum Gasteiger partial charge on any atom is 0.340 e. The molecule has 194 valence electrons. The molecule has 0 aliphatic carbocycles. The van der Waals surface area contributed by atoms with Crippen LogP contribution in [0.5, 0.6) is 0 Å². The van der Waals surface area contributed by atoms with Crippen molar-refractivity contribution in [1.29, 1.82) is 0 Å². The Labute approximate surface area is 227 Å². The first-order chi connectivity index (χ1) is 18.2. The molecule has 0 unspecified atom stereocenters. The van der Waals surface area contributed by atoms with E-state index in [1.807, 2.05) is 0 Å². The number of methoxy groups -OCH3 is 1. The fraction of sp³-hybridized carbons (Fsp3) is 0.111. The average molecular weight is 554 g/mol. The van der Waals surface area contributed by atoms with Gasteiger partial charge in [-0.3, -0.25) is 19.3 Å². The highest BCUT2D eigenvalue weighted by Crippen LogP contribution is 2.36. The van der Waals surface area contributed by atoms with Crippen molar-refractivity contribution >= 4 is 64.3 Å². The summed E-state index contributed by atoms with van der Waals surface area (Å²) < 4.78 is 10.6. The van der Waals surface area contributed by atoms with E-state index in [1.54, 1.807) is 61.5 Å². The van der Waals surface area contributed by atoms with E-state index in [9.17, 15) is 19.2 Å². The van der Waals surface area contributed by atoms with Crippen LogP contribution in [0.3, 0.4) is 0 Å². The number of carbonyl (C=O) groups is 4. The first kappa shape index (κ1) is 26.7. The van der Waals surface area contributed by atoms with E-state index in [-0.39, 0.29) is 23.5 Å². The Morgan fingerprint density at radius 3 is 2.39 bits per heavy atom. The number of allylic oxidation sites excluding steroid dienone is 1. The van der Waals surface area contributed by atoms with Crippen LogP contribution in [-0.4, -0.2) is 30.8 Å². The van der Waals surface area contributed by atoms with Crippen LogP contribution in [0.25, 0.3) is 6.08 Å². The van der Waals surface area contributed by atoms with Gasteiger partial charge in [-0.1, -0.05) is 35.3 Å². The Kier molecular flexibility index (Phi) is 7.99. The molecule has 38 heavy (non-hydrogen) atoms. The van der Waals surface area contributed by atoms with Gasteiger partial charge < -0.3 is 19.8 Å². The highest BCUT2D eigenvalue weighted by Gasteiger charge is 2.38. The summed E-state index contributed by atoms with van der Waals surface area (Å²) in [6.07, 6.45) is 1.42. The lowest BCUT2D eigenvalue weighted by atomic mass is 10.1. The van der Waals surface area contributed by atoms with Crippen molar-refractivity contribution in [3.05, 3.63) is 99.1 Å². The molecule has 0 fully saturated rings. The number of rotatable bonds is 6. The predicted molar refractivity (Wildman–Crippen MR) is 142 cm³/mol. The second kappa shape index (κ2) is 11.4. The third kappa shape index (κ3) is 5.80. The molecule has 0 spiro atoms. The first-order valence-electron chi connectivity index (χ1n) is 11.2. The zero-order valence-electron chi connectivity index (χ0n) is 20.2. The molecule has 0 radical (unpaired) electrons. The van der Waals surface area contributed by atoms with Crippen molar-refractivity contribution in [3.8, 4) is 0 Å². The van der Waals surface area contributed by atoms with Crippen LogP contribution in [0, 0.1) is 0 Å². The van der Waals surface area contributed by atoms with E-state index in [2.05, 4.69) is 10.6 Å². The molecule has 11 heteroatoms. The van der Waals surface area contributed by atoms with Crippen LogP contribution >= 0.6 is 23.2 Å². The summed E-state index contributed by atoms with van der Waals surface area (Å²) in [6, 6.07) is 16.2. The van der Waals surface area contributed by atoms with Gasteiger partial charge in [-0.05, 0) is 61.5 Å². The Hall–Kier alpha value is -4.34. The largest absolute Gasteiger partial charge is 0.465 e. The number of nitrogens with one attached hydrogen (secondary N) is 2. The highest BCUT2D eigenvalue weighted by atomic mass is 35.5. The van der Waals surface area contributed by atoms with Gasteiger partial charge in [-0.2, -0.15) is 0 Å². The minimum Gasteiger partial charge on any atom is -0.465 e. The minimum absolute atomic E-state index is 0.0696. The van der Waals surface area contributed by atoms with E-state index in [4.69, 9.17) is 32.4 Å². The fourth-order valence-corrected chi connectivity index (χ4v) is 4.19. The summed E-state index contributed by atoms with van der Waals surface area (Å²) in [4.78, 5) is 51.6. The quantitative estimate of drug-likeness (QED) is 0.259. The van der Waals surface area contributed by atoms with Crippen molar-refractivity contribution in [2.45, 2.75) is 13.5 Å². The molecule has 0 bridgehead atoms. The Bertz CT molecular complexity index is 1510. The zero-order chi connectivity index (χ0) is 27.4. The zero-order valence-corrected chi connectivity index (χ0v) is 21.7. The number of benzene rings is 2. The first-order valence-corrected chi connectivity index (χ1v) is 12.0. The average Bonchev–Trinajstić information content (AvgIpc) is 3.43. The van der Waals surface area contributed by atoms with Gasteiger partial charge in [-0.25, -0.2) is 4.79 Å². The maximum atomic E-state index is 13.3. The van der Waals surface area contributed by atoms with Gasteiger partial charge >= 0.3 is 17.8 Å². The standard InChI is InChI=1S/C27H21Cl2N3O6/c1-15-23(27(36)37-2)22(26(35)32(15)19-8-4-6-17(29)12-19)13-20-9-10-21(38-20)14-30-24(33)25(34)31-18-7-3-5-16(28)11-18/h3-13H,14H2,1-2H3,(H,30,33)(H,31,34). The topological polar surface area (TPSA) is 118 Å². The number of halogens is 2. The van der Waals surface area contributed by atoms with Gasteiger partial charge in [0.1, 0.15) is 11.5 Å². The molecular formula is C27H21Cl2N3O6. The molecule has 4 rings (SSSR count). The molecule has 1 aliphatic rings. The number of amides is 3. The lowest BCUT2D eigenvalue weighted by Crippen LogP contribution is -2.34. The second-order valence-corrected chi connectivity index (χ2v) is 8.95. The normalized spacial score (nSPS) is 14.2. The SMILES string of the molecule is COC(=O)C1=C(C)N(c2cccc(Cl)c2)C(=O)C1=Cc1ccc(CNC(=O)C(=O)Nc2cccc(Cl)c2)o1. The van der Waals surface area contributed by atoms with Crippen LogP contribution in [0.15, 0.2) is 81.9 Å². The summed E-state index contributed by atoms with van der Waals surface area (Å²) >= 11 is 12.0. The van der Waals surface area contributed by atoms with Gasteiger partial charge in [0.25, 0.3) is 5.91 Å². The van der Waals surface area contributed by atoms with Crippen LogP contribution in [0.2, 0.25) is 10.0 Å². The van der Waals surface area contributed by atoms with Crippen LogP contribution < -0.4 is 15.5 Å². The molecule has 0 saturated carbocycles. The smallest absolute Gasteiger partial charge is 0.340 e. The molecule has 0 saturated heterocycles. The number of ether oxygens (including phenoxy) is 1. The molecular weight excluding hydrogens is 533 g/mol. The van der Waals surface area contributed by atoms with Crippen molar-refractivity contribution in [2.24, 2.45) is 0 Å². The van der Waals surface area contributed by atoms with Crippen LogP contribution in [-0.2, 0) is 30.5 Å². The molecule has 9 nitrogen and oxygen atoms in total. The van der Waals surface area contributed by atoms with Crippen LogP contribution in [0.1, 0.15) is 18.4 Å². The summed E-state index contributed by atoms with van der Waals surface area (Å²) in [7, 11) is 1.23. The lowest BCUT2D eigenvalue weighted by Gasteiger charge is -2.18. The maximum absolute atomic E-state index is 13.3. The van der Waals surface area contributed by atoms with Gasteiger partial charge in [0.05, 0.1) is 30.5 Å². The third-order valence-corrected chi connectivity index (χ3v) is 6.01. The number of hydrogen-bond acceptors (Lipinski definition) is 6. The molecule has 0 atom stereocenters. The van der Waals surface area contributed by atoms with Crippen molar-refractivity contribution < 1.29 is 28.3 Å². The van der Waals surface area contributed by atoms with Gasteiger partial charge in [0, 0.05) is 21.4 Å². The molecule has 2 aromatic carbocycles. The van der Waals surface area contributed by atoms with E-state index in [1.165, 1.54) is 24.2 Å². The summed E-state index contributed by atoms with van der Waals surface area (Å²) in [5.74, 6) is -2.33. The van der Waals surface area contributed by atoms with Crippen molar-refractivity contribution in [1.82, 2.24) is 5.32 Å². The number of esters is 1. The minimum atomic E-state index is -0.879. The molecule has 2 heterocycles. The van der Waals surface area contributed by atoms with E-state index < -0.39 is 23.7 Å². The number of carbonyl (C=O) groups excluding carboxylic acids is 4. The van der Waals surface area contributed by atoms with Crippen LogP contribution in [0.4, 0.5) is 11.4 Å². The Morgan fingerprint density at radius 1 is 1.00 bits per heavy atom. The van der Waals surface area contributed by atoms with Crippen molar-refractivity contribution in [3.63, 3.8) is 0 Å². The number of hydrogen-bond donors (Lipinski definition) is 2. The van der Waals surface area contributed by atoms with Gasteiger partial charge in [-0.15, -0.1) is 0 Å². The third-order valence-electron chi connectivity index (χ3n) is 5.54. The lowest BCUT2D eigenvalue weighted by molar-refractivity contribution is -0.136. The monoisotopic (exact) mass is 553 g/mol. The number of furan rings is 1. The summed E-state index contributed by atoms with van der Waals surface area (Å²) in [5.41, 5.74) is 1.40. The molecule has 3 aromatic rings. The molecule has 3 amide bonds. The summed E-state index contributed by atoms with van der Waals surface area (Å²) in [6.45, 7) is 1.54. The fourth-order valence-electron chi connectivity index (χ4n) is 3.82. The second-order valence-electron chi connectivity index (χ2n) is 8.08. The summed E-state index contributed by atoms with van der Waals surface area (Å²) in [5, 5.41) is 5.75.